The van der Waals surface area contributed by atoms with Crippen molar-refractivity contribution in [2.24, 2.45) is 5.16 Å². The smallest absolute Gasteiger partial charge is 0.145 e. The molecule has 0 aromatic heterocycles. The third kappa shape index (κ3) is 2.45. The van der Waals surface area contributed by atoms with E-state index < -0.39 is 0 Å². The summed E-state index contributed by atoms with van der Waals surface area (Å²) in [5.74, 6) is 0. The summed E-state index contributed by atoms with van der Waals surface area (Å²) in [6.07, 6.45) is 3.08. The molecule has 1 fully saturated rings. The van der Waals surface area contributed by atoms with E-state index in [2.05, 4.69) is 22.6 Å². The molecule has 1 aromatic carbocycles. The zero-order chi connectivity index (χ0) is 10.8. The fourth-order valence-corrected chi connectivity index (χ4v) is 2.46. The van der Waals surface area contributed by atoms with Crippen LogP contribution in [0.4, 0.5) is 0 Å². The molecule has 17 heavy (non-hydrogen) atoms. The topological polar surface area (TPSA) is 33.6 Å². The first-order valence-corrected chi connectivity index (χ1v) is 5.89. The van der Waals surface area contributed by atoms with E-state index in [9.17, 15) is 0 Å². The minimum Gasteiger partial charge on any atom is -0.388 e. The molecule has 0 unspecified atom stereocenters. The van der Waals surface area contributed by atoms with Gasteiger partial charge in [0, 0.05) is 19.3 Å². The first-order chi connectivity index (χ1) is 7.88. The average molecular weight is 253 g/mol. The van der Waals surface area contributed by atoms with Crippen LogP contribution in [-0.4, -0.2) is 24.4 Å². The van der Waals surface area contributed by atoms with E-state index in [4.69, 9.17) is 4.84 Å². The van der Waals surface area contributed by atoms with Crippen molar-refractivity contribution in [2.45, 2.75) is 24.9 Å². The van der Waals surface area contributed by atoms with E-state index in [-0.39, 0.29) is 18.0 Å². The van der Waals surface area contributed by atoms with Crippen LogP contribution in [0.15, 0.2) is 35.5 Å². The van der Waals surface area contributed by atoms with Crippen LogP contribution >= 0.6 is 12.4 Å². The minimum atomic E-state index is -0.0174. The Bertz CT molecular complexity index is 399. The molecule has 2 heterocycles. The summed E-state index contributed by atoms with van der Waals surface area (Å²) in [6, 6.07) is 10.3. The van der Waals surface area contributed by atoms with Crippen LogP contribution in [0.1, 0.15) is 24.8 Å². The normalized spacial score (nSPS) is 21.5. The number of nitrogens with one attached hydrogen (secondary N) is 1. The average Bonchev–Trinajstić information content (AvgIpc) is 2.75. The number of halogens is 1. The van der Waals surface area contributed by atoms with Crippen LogP contribution in [-0.2, 0) is 4.84 Å². The number of hydrogen-bond donors (Lipinski definition) is 1. The van der Waals surface area contributed by atoms with Crippen molar-refractivity contribution in [3.63, 3.8) is 0 Å². The maximum Gasteiger partial charge on any atom is 0.145 e. The summed E-state index contributed by atoms with van der Waals surface area (Å²) in [5, 5.41) is 7.63. The van der Waals surface area contributed by atoms with Gasteiger partial charge in [-0.1, -0.05) is 35.5 Å². The molecule has 0 aliphatic carbocycles. The first-order valence-electron chi connectivity index (χ1n) is 5.89. The highest BCUT2D eigenvalue weighted by molar-refractivity contribution is 6.01. The maximum absolute atomic E-state index is 5.70. The molecule has 4 heteroatoms. The first kappa shape index (κ1) is 12.4. The number of benzene rings is 1. The Morgan fingerprint density at radius 2 is 1.82 bits per heavy atom. The lowest BCUT2D eigenvalue weighted by Crippen LogP contribution is -2.42. The Kier molecular flexibility index (Phi) is 3.69. The number of nitrogens with zero attached hydrogens (tertiary/aromatic N) is 1. The molecule has 3 nitrogen and oxygen atoms in total. The monoisotopic (exact) mass is 252 g/mol. The van der Waals surface area contributed by atoms with E-state index in [1.807, 2.05) is 18.2 Å². The fraction of sp³-hybridized carbons (Fsp3) is 0.462. The minimum absolute atomic E-state index is 0. The Morgan fingerprint density at radius 1 is 1.12 bits per heavy atom. The molecule has 1 saturated heterocycles. The van der Waals surface area contributed by atoms with Crippen molar-refractivity contribution in [1.29, 1.82) is 0 Å². The molecule has 3 rings (SSSR count). The van der Waals surface area contributed by atoms with Crippen molar-refractivity contribution in [2.75, 3.05) is 13.1 Å². The summed E-state index contributed by atoms with van der Waals surface area (Å²) < 4.78 is 0. The van der Waals surface area contributed by atoms with E-state index in [1.165, 1.54) is 5.56 Å². The van der Waals surface area contributed by atoms with E-state index in [1.54, 1.807) is 0 Å². The van der Waals surface area contributed by atoms with Gasteiger partial charge < -0.3 is 10.2 Å². The van der Waals surface area contributed by atoms with Gasteiger partial charge in [-0.3, -0.25) is 0 Å². The summed E-state index contributed by atoms with van der Waals surface area (Å²) in [6.45, 7) is 2.08. The van der Waals surface area contributed by atoms with Gasteiger partial charge in [0.2, 0.25) is 0 Å². The van der Waals surface area contributed by atoms with Crippen LogP contribution in [0.5, 0.6) is 0 Å². The summed E-state index contributed by atoms with van der Waals surface area (Å²) >= 11 is 0. The lowest BCUT2D eigenvalue weighted by atomic mass is 9.86. The molecular weight excluding hydrogens is 236 g/mol. The number of piperidine rings is 1. The fourth-order valence-electron chi connectivity index (χ4n) is 2.46. The van der Waals surface area contributed by atoms with Crippen LogP contribution in [0.2, 0.25) is 0 Å². The Labute approximate surface area is 108 Å². The number of oxime groups is 1. The number of rotatable bonds is 1. The predicted molar refractivity (Wildman–Crippen MR) is 70.8 cm³/mol. The number of hydrogen-bond acceptors (Lipinski definition) is 3. The molecule has 0 atom stereocenters. The van der Waals surface area contributed by atoms with E-state index in [0.717, 1.165) is 38.1 Å². The third-order valence-corrected chi connectivity index (χ3v) is 3.46. The highest BCUT2D eigenvalue weighted by atomic mass is 35.5. The van der Waals surface area contributed by atoms with Gasteiger partial charge in [0.15, 0.2) is 0 Å². The van der Waals surface area contributed by atoms with Gasteiger partial charge in [0.1, 0.15) is 5.60 Å². The van der Waals surface area contributed by atoms with Crippen molar-refractivity contribution in [1.82, 2.24) is 5.32 Å². The quantitative estimate of drug-likeness (QED) is 0.833. The molecule has 0 radical (unpaired) electrons. The second-order valence-electron chi connectivity index (χ2n) is 4.61. The molecule has 92 valence electrons. The van der Waals surface area contributed by atoms with E-state index >= 15 is 0 Å². The lowest BCUT2D eigenvalue weighted by molar-refractivity contribution is -0.0400. The summed E-state index contributed by atoms with van der Waals surface area (Å²) in [5.41, 5.74) is 2.27. The van der Waals surface area contributed by atoms with E-state index in [0.29, 0.717) is 0 Å². The van der Waals surface area contributed by atoms with Gasteiger partial charge in [-0.05, 0) is 18.7 Å². The zero-order valence-electron chi connectivity index (χ0n) is 9.69. The van der Waals surface area contributed by atoms with Crippen molar-refractivity contribution >= 4 is 18.1 Å². The van der Waals surface area contributed by atoms with Gasteiger partial charge in [0.05, 0.1) is 5.71 Å². The van der Waals surface area contributed by atoms with Crippen LogP contribution in [0.25, 0.3) is 0 Å². The molecule has 2 aliphatic heterocycles. The highest BCUT2D eigenvalue weighted by Crippen LogP contribution is 2.34. The SMILES string of the molecule is Cl.c1ccc(C2=NOC3(CCNCC3)C2)cc1. The molecule has 0 bridgehead atoms. The summed E-state index contributed by atoms with van der Waals surface area (Å²) in [7, 11) is 0. The van der Waals surface area contributed by atoms with Crippen molar-refractivity contribution < 1.29 is 4.84 Å². The molecule has 0 amide bonds. The summed E-state index contributed by atoms with van der Waals surface area (Å²) in [4.78, 5) is 5.70. The van der Waals surface area contributed by atoms with Crippen molar-refractivity contribution in [3.05, 3.63) is 35.9 Å². The zero-order valence-corrected chi connectivity index (χ0v) is 10.5. The van der Waals surface area contributed by atoms with Gasteiger partial charge in [0.25, 0.3) is 0 Å². The highest BCUT2D eigenvalue weighted by Gasteiger charge is 2.40. The standard InChI is InChI=1S/C13H16N2O.ClH/c1-2-4-11(5-3-1)12-10-13(16-15-12)6-8-14-9-7-13;/h1-5,14H,6-10H2;1H. The van der Waals surface area contributed by atoms with Crippen LogP contribution in [0.3, 0.4) is 0 Å². The molecule has 1 aromatic rings. The molecule has 2 aliphatic rings. The lowest BCUT2D eigenvalue weighted by Gasteiger charge is -2.30. The van der Waals surface area contributed by atoms with Crippen molar-refractivity contribution in [3.8, 4) is 0 Å². The van der Waals surface area contributed by atoms with Gasteiger partial charge >= 0.3 is 0 Å². The molecule has 1 spiro atoms. The van der Waals surface area contributed by atoms with Crippen LogP contribution < -0.4 is 5.32 Å². The second-order valence-corrected chi connectivity index (χ2v) is 4.61. The maximum atomic E-state index is 5.70. The largest absolute Gasteiger partial charge is 0.388 e. The Balaban J connectivity index is 0.00000108. The van der Waals surface area contributed by atoms with Crippen LogP contribution in [0, 0.1) is 0 Å². The second kappa shape index (κ2) is 5.07. The molecule has 1 N–H and O–H groups in total. The van der Waals surface area contributed by atoms with Gasteiger partial charge in [-0.15, -0.1) is 12.4 Å². The van der Waals surface area contributed by atoms with Gasteiger partial charge in [-0.25, -0.2) is 0 Å². The Morgan fingerprint density at radius 3 is 2.53 bits per heavy atom. The van der Waals surface area contributed by atoms with Gasteiger partial charge in [-0.2, -0.15) is 0 Å². The third-order valence-electron chi connectivity index (χ3n) is 3.46. The Hall–Kier alpha value is -1.06. The molecule has 0 saturated carbocycles. The predicted octanol–water partition coefficient (Wildman–Crippen LogP) is 2.36. The molecular formula is C13H17ClN2O.